The van der Waals surface area contributed by atoms with Crippen molar-refractivity contribution in [1.29, 1.82) is 0 Å². The molecule has 3 aliphatic rings. The molecule has 3 unspecified atom stereocenters. The molecule has 3 amide bonds. The van der Waals surface area contributed by atoms with Gasteiger partial charge in [-0.3, -0.25) is 15.1 Å². The summed E-state index contributed by atoms with van der Waals surface area (Å²) in [4.78, 5) is 40.0. The summed E-state index contributed by atoms with van der Waals surface area (Å²) in [5.74, 6) is 7.33. The first-order valence-electron chi connectivity index (χ1n) is 17.9. The highest BCUT2D eigenvalue weighted by Gasteiger charge is 2.30. The summed E-state index contributed by atoms with van der Waals surface area (Å²) < 4.78 is 5.80. The fourth-order valence-electron chi connectivity index (χ4n) is 7.60. The van der Waals surface area contributed by atoms with E-state index in [1.807, 2.05) is 36.4 Å². The monoisotopic (exact) mass is 663 g/mol. The first kappa shape index (κ1) is 34.3. The van der Waals surface area contributed by atoms with Crippen LogP contribution in [0.2, 0.25) is 0 Å². The van der Waals surface area contributed by atoms with E-state index in [0.717, 1.165) is 93.8 Å². The van der Waals surface area contributed by atoms with Gasteiger partial charge in [-0.15, -0.1) is 0 Å². The van der Waals surface area contributed by atoms with Gasteiger partial charge in [0, 0.05) is 79.9 Å². The van der Waals surface area contributed by atoms with E-state index in [1.165, 1.54) is 5.22 Å². The fourth-order valence-corrected chi connectivity index (χ4v) is 7.60. The predicted molar refractivity (Wildman–Crippen MR) is 195 cm³/mol. The number of H-pyrrole nitrogens is 1. The zero-order valence-electron chi connectivity index (χ0n) is 29.0. The number of aromatic nitrogens is 2. The molecule has 3 aromatic rings. The van der Waals surface area contributed by atoms with Crippen LogP contribution in [-0.4, -0.2) is 61.3 Å². The number of carbonyl (C=O) groups is 2. The minimum Gasteiger partial charge on any atom is -0.381 e. The number of benzene rings is 1. The summed E-state index contributed by atoms with van der Waals surface area (Å²) in [5, 5.41) is 10.0. The van der Waals surface area contributed by atoms with Gasteiger partial charge >= 0.3 is 6.03 Å². The topological polar surface area (TPSA) is 124 Å². The molecule has 4 atom stereocenters. The number of hydrogen-bond donors (Lipinski definition) is 4. The number of nitrogens with one attached hydrogen (secondary N) is 4. The van der Waals surface area contributed by atoms with Crippen LogP contribution in [0.5, 0.6) is 0 Å². The van der Waals surface area contributed by atoms with Gasteiger partial charge in [0.2, 0.25) is 0 Å². The average molecular weight is 664 g/mol. The van der Waals surface area contributed by atoms with Gasteiger partial charge in [-0.05, 0) is 99.0 Å². The highest BCUT2D eigenvalue weighted by Crippen LogP contribution is 2.36. The van der Waals surface area contributed by atoms with Crippen molar-refractivity contribution >= 4 is 34.7 Å². The van der Waals surface area contributed by atoms with E-state index in [0.29, 0.717) is 41.7 Å². The van der Waals surface area contributed by atoms with Crippen LogP contribution in [-0.2, 0) is 9.53 Å². The van der Waals surface area contributed by atoms with Gasteiger partial charge < -0.3 is 25.3 Å². The molecule has 49 heavy (non-hydrogen) atoms. The number of anilines is 3. The van der Waals surface area contributed by atoms with Crippen molar-refractivity contribution in [2.45, 2.75) is 59.3 Å². The summed E-state index contributed by atoms with van der Waals surface area (Å²) in [7, 11) is 0. The third kappa shape index (κ3) is 8.52. The number of fused-ring (bicyclic) bond motifs is 1. The number of nitrogens with zero attached hydrogens (tertiary/aromatic N) is 3. The van der Waals surface area contributed by atoms with Crippen LogP contribution in [0.15, 0.2) is 53.7 Å². The van der Waals surface area contributed by atoms with Gasteiger partial charge in [0.05, 0.1) is 0 Å². The average Bonchev–Trinajstić information content (AvgIpc) is 3.54. The second-order valence-electron chi connectivity index (χ2n) is 13.6. The molecule has 10 nitrogen and oxygen atoms in total. The second-order valence-corrected chi connectivity index (χ2v) is 13.6. The highest BCUT2D eigenvalue weighted by atomic mass is 16.5. The summed E-state index contributed by atoms with van der Waals surface area (Å²) in [5.41, 5.74) is 6.33. The molecule has 0 aliphatic carbocycles. The Bertz CT molecular complexity index is 1810. The molecule has 3 aliphatic heterocycles. The van der Waals surface area contributed by atoms with E-state index in [4.69, 9.17) is 9.73 Å². The molecule has 1 aromatic carbocycles. The van der Waals surface area contributed by atoms with Gasteiger partial charge in [-0.2, -0.15) is 0 Å². The van der Waals surface area contributed by atoms with E-state index in [9.17, 15) is 9.59 Å². The van der Waals surface area contributed by atoms with Crippen LogP contribution in [0.1, 0.15) is 59.3 Å². The van der Waals surface area contributed by atoms with Crippen LogP contribution < -0.4 is 31.6 Å². The maximum absolute atomic E-state index is 13.0. The lowest BCUT2D eigenvalue weighted by Gasteiger charge is -2.34. The molecule has 10 heteroatoms. The molecule has 2 saturated heterocycles. The standard InChI is InChI=1S/C39H49N7O3/c1-4-8-36(47)41-23-27-9-6-18-46(25-27)31-15-17-40-35(21-31)45-39(48)43-30-13-11-29(12-14-30)34-22-33-37(28(5-2)24-42-38(33)44-34)32-10-7-19-49-20-16-26(32)3/h11-15,17,21-22,26-28,32H,5-7,9-10,16,18-20,23-25H2,1-3H3,(H,41,47)(H,42,44)(H2,40,43,45,48)/t26?,27-,28?,32?/m0/s1. The summed E-state index contributed by atoms with van der Waals surface area (Å²) >= 11 is 0. The Balaban J connectivity index is 1.10. The molecular formula is C39H49N7O3. The maximum atomic E-state index is 13.0. The van der Waals surface area contributed by atoms with Crippen LogP contribution in [0, 0.1) is 35.5 Å². The number of urea groups is 1. The Morgan fingerprint density at radius 1 is 1.06 bits per heavy atom. The van der Waals surface area contributed by atoms with E-state index < -0.39 is 0 Å². The van der Waals surface area contributed by atoms with E-state index in [2.05, 4.69) is 62.6 Å². The number of piperidine rings is 1. The zero-order chi connectivity index (χ0) is 34.2. The summed E-state index contributed by atoms with van der Waals surface area (Å²) in [6, 6.07) is 13.7. The fraction of sp³-hybridized carbons (Fsp3) is 0.487. The molecule has 0 saturated carbocycles. The lowest BCUT2D eigenvalue weighted by atomic mass is 9.74. The quantitative estimate of drug-likeness (QED) is 0.243. The lowest BCUT2D eigenvalue weighted by Crippen LogP contribution is -2.40. The van der Waals surface area contributed by atoms with Crippen molar-refractivity contribution in [3.63, 3.8) is 0 Å². The van der Waals surface area contributed by atoms with Crippen molar-refractivity contribution in [2.24, 2.45) is 28.7 Å². The predicted octanol–water partition coefficient (Wildman–Crippen LogP) is 5.34. The van der Waals surface area contributed by atoms with Crippen LogP contribution >= 0.6 is 0 Å². The van der Waals surface area contributed by atoms with Crippen LogP contribution in [0.25, 0.3) is 16.8 Å². The number of pyridine rings is 1. The zero-order valence-corrected chi connectivity index (χ0v) is 29.0. The molecule has 2 fully saturated rings. The molecule has 0 bridgehead atoms. The Morgan fingerprint density at radius 3 is 2.73 bits per heavy atom. The van der Waals surface area contributed by atoms with Gasteiger partial charge in [0.1, 0.15) is 11.3 Å². The molecule has 5 heterocycles. The molecular weight excluding hydrogens is 614 g/mol. The summed E-state index contributed by atoms with van der Waals surface area (Å²) in [6.45, 7) is 11.2. The van der Waals surface area contributed by atoms with Gasteiger partial charge in [-0.1, -0.05) is 37.5 Å². The molecule has 4 N–H and O–H groups in total. The lowest BCUT2D eigenvalue weighted by molar-refractivity contribution is -0.115. The molecule has 0 radical (unpaired) electrons. The largest absolute Gasteiger partial charge is 0.381 e. The smallest absolute Gasteiger partial charge is 0.324 e. The molecule has 2 aromatic heterocycles. The van der Waals surface area contributed by atoms with E-state index in [1.54, 1.807) is 18.7 Å². The number of carbonyl (C=O) groups excluding carboxylic acids is 2. The van der Waals surface area contributed by atoms with Gasteiger partial charge in [0.25, 0.3) is 5.91 Å². The Hall–Kier alpha value is -4.62. The van der Waals surface area contributed by atoms with Crippen molar-refractivity contribution in [3.05, 3.63) is 59.4 Å². The van der Waals surface area contributed by atoms with Crippen molar-refractivity contribution < 1.29 is 14.3 Å². The molecule has 6 rings (SSSR count). The van der Waals surface area contributed by atoms with Crippen LogP contribution in [0.3, 0.4) is 0 Å². The first-order chi connectivity index (χ1) is 23.9. The van der Waals surface area contributed by atoms with Crippen molar-refractivity contribution in [2.75, 3.05) is 54.9 Å². The Morgan fingerprint density at radius 2 is 1.92 bits per heavy atom. The van der Waals surface area contributed by atoms with E-state index >= 15 is 0 Å². The number of aromatic amines is 1. The third-order valence-electron chi connectivity index (χ3n) is 10.2. The third-order valence-corrected chi connectivity index (χ3v) is 10.2. The van der Waals surface area contributed by atoms with Gasteiger partial charge in [-0.25, -0.2) is 9.78 Å². The summed E-state index contributed by atoms with van der Waals surface area (Å²) in [6.07, 6.45) is 8.22. The van der Waals surface area contributed by atoms with Crippen molar-refractivity contribution in [3.8, 4) is 23.1 Å². The Labute approximate surface area is 289 Å². The normalized spacial score (nSPS) is 22.3. The highest BCUT2D eigenvalue weighted by molar-refractivity contribution is 5.99. The second kappa shape index (κ2) is 16.2. The SMILES string of the molecule is CC#CC(=O)NC[C@@H]1CCCN(c2ccnc(NC(=O)Nc3ccc(-c4cc5c([nH]4)=NCC(CC)C=5C4CCCOCCC4C)cc3)c2)C1. The van der Waals surface area contributed by atoms with E-state index in [-0.39, 0.29) is 11.9 Å². The molecule has 0 spiro atoms. The number of amides is 3. The molecule has 258 valence electrons. The maximum Gasteiger partial charge on any atom is 0.324 e. The number of hydrogen-bond acceptors (Lipinski definition) is 6. The Kier molecular flexibility index (Phi) is 11.3. The minimum absolute atomic E-state index is 0.237. The van der Waals surface area contributed by atoms with Crippen LogP contribution in [0.4, 0.5) is 22.0 Å². The number of rotatable bonds is 8. The van der Waals surface area contributed by atoms with Crippen molar-refractivity contribution in [1.82, 2.24) is 15.3 Å². The number of ether oxygens (including phenoxy) is 1. The minimum atomic E-state index is -0.355. The first-order valence-corrected chi connectivity index (χ1v) is 17.9. The van der Waals surface area contributed by atoms with Gasteiger partial charge in [0.15, 0.2) is 0 Å².